The number of nitrogens with zero attached hydrogens (tertiary/aromatic N) is 1. The molecule has 1 aliphatic rings. The minimum Gasteiger partial charge on any atom is -0.333 e. The molecule has 0 amide bonds. The highest BCUT2D eigenvalue weighted by Crippen LogP contribution is 2.21. The third kappa shape index (κ3) is 2.27. The molecule has 2 nitrogen and oxygen atoms in total. The fourth-order valence-electron chi connectivity index (χ4n) is 1.12. The first-order chi connectivity index (χ1) is 6.75. The van der Waals surface area contributed by atoms with E-state index in [-0.39, 0.29) is 5.82 Å². The normalized spacial score (nSPS) is 15.4. The lowest BCUT2D eigenvalue weighted by Crippen LogP contribution is -2.06. The largest absolute Gasteiger partial charge is 0.333 e. The highest BCUT2D eigenvalue weighted by Gasteiger charge is 2.09. The molecule has 1 heterocycles. The molecule has 0 bridgehead atoms. The number of thioether (sulfide) groups is 1. The molecule has 5 heteroatoms. The summed E-state index contributed by atoms with van der Waals surface area (Å²) in [6.07, 6.45) is 0. The molecule has 0 spiro atoms. The summed E-state index contributed by atoms with van der Waals surface area (Å²) < 4.78 is 14.1. The summed E-state index contributed by atoms with van der Waals surface area (Å²) in [5.74, 6) is 0.704. The molecule has 0 radical (unpaired) electrons. The Labute approximate surface area is 94.1 Å². The van der Waals surface area contributed by atoms with Crippen LogP contribution in [0.25, 0.3) is 0 Å². The van der Waals surface area contributed by atoms with Gasteiger partial charge in [-0.2, -0.15) is 0 Å². The van der Waals surface area contributed by atoms with Gasteiger partial charge in [-0.15, -0.1) is 0 Å². The Hall–Kier alpha value is -0.550. The van der Waals surface area contributed by atoms with Gasteiger partial charge in [0.25, 0.3) is 0 Å². The monoisotopic (exact) mass is 274 g/mol. The van der Waals surface area contributed by atoms with Gasteiger partial charge in [-0.25, -0.2) is 4.39 Å². The van der Waals surface area contributed by atoms with Gasteiger partial charge in [-0.05, 0) is 18.2 Å². The number of hydrogen-bond acceptors (Lipinski definition) is 3. The second-order valence-corrected chi connectivity index (χ2v) is 4.78. The molecular weight excluding hydrogens is 267 g/mol. The quantitative estimate of drug-likeness (QED) is 0.851. The van der Waals surface area contributed by atoms with Crippen LogP contribution >= 0.6 is 27.7 Å². The highest BCUT2D eigenvalue weighted by atomic mass is 79.9. The Morgan fingerprint density at radius 2 is 2.36 bits per heavy atom. The molecule has 1 aliphatic heterocycles. The van der Waals surface area contributed by atoms with Crippen LogP contribution in [0.15, 0.2) is 27.7 Å². The van der Waals surface area contributed by atoms with Crippen LogP contribution in [0.3, 0.4) is 0 Å². The van der Waals surface area contributed by atoms with Crippen molar-refractivity contribution < 1.29 is 4.39 Å². The number of benzene rings is 1. The van der Waals surface area contributed by atoms with Crippen LogP contribution in [0.1, 0.15) is 0 Å². The molecule has 1 aromatic carbocycles. The first-order valence-corrected chi connectivity index (χ1v) is 5.93. The smallest absolute Gasteiger partial charge is 0.161 e. The number of anilines is 1. The molecule has 0 aliphatic carbocycles. The van der Waals surface area contributed by atoms with E-state index in [4.69, 9.17) is 0 Å². The first-order valence-electron chi connectivity index (χ1n) is 4.15. The first kappa shape index (κ1) is 9.98. The van der Waals surface area contributed by atoms with E-state index < -0.39 is 0 Å². The van der Waals surface area contributed by atoms with Gasteiger partial charge in [0.2, 0.25) is 0 Å². The Bertz CT molecular complexity index is 381. The lowest BCUT2D eigenvalue weighted by atomic mass is 10.3. The second-order valence-electron chi connectivity index (χ2n) is 2.78. The molecule has 0 saturated carbocycles. The number of aliphatic imine (C=N–C) groups is 1. The predicted molar refractivity (Wildman–Crippen MR) is 62.5 cm³/mol. The third-order valence-corrected chi connectivity index (χ3v) is 3.14. The molecule has 1 aromatic rings. The van der Waals surface area contributed by atoms with Gasteiger partial charge < -0.3 is 5.32 Å². The predicted octanol–water partition coefficient (Wildman–Crippen LogP) is 3.10. The lowest BCUT2D eigenvalue weighted by molar-refractivity contribution is 0.631. The zero-order chi connectivity index (χ0) is 9.97. The molecule has 0 saturated heterocycles. The molecule has 0 unspecified atom stereocenters. The Morgan fingerprint density at radius 3 is 3.00 bits per heavy atom. The van der Waals surface area contributed by atoms with Gasteiger partial charge in [0.05, 0.1) is 12.2 Å². The van der Waals surface area contributed by atoms with E-state index in [1.807, 2.05) is 0 Å². The van der Waals surface area contributed by atoms with E-state index in [0.717, 1.165) is 21.9 Å². The summed E-state index contributed by atoms with van der Waals surface area (Å²) in [6, 6.07) is 4.93. The molecule has 74 valence electrons. The highest BCUT2D eigenvalue weighted by molar-refractivity contribution is 9.10. The standard InChI is InChI=1S/C9H8BrFN2S/c10-6-1-2-8(7(11)5-6)13-9-12-3-4-14-9/h1-2,5H,3-4H2,(H,12,13). The maximum absolute atomic E-state index is 13.3. The van der Waals surface area contributed by atoms with Crippen molar-refractivity contribution in [1.29, 1.82) is 0 Å². The van der Waals surface area contributed by atoms with E-state index in [2.05, 4.69) is 26.2 Å². The van der Waals surface area contributed by atoms with Gasteiger partial charge in [-0.3, -0.25) is 4.99 Å². The fraction of sp³-hybridized carbons (Fsp3) is 0.222. The molecule has 0 atom stereocenters. The van der Waals surface area contributed by atoms with Crippen molar-refractivity contribution in [2.45, 2.75) is 0 Å². The summed E-state index contributed by atoms with van der Waals surface area (Å²) in [6.45, 7) is 0.811. The van der Waals surface area contributed by atoms with Crippen LogP contribution in [0.2, 0.25) is 0 Å². The molecular formula is C9H8BrFN2S. The average Bonchev–Trinajstić information content (AvgIpc) is 2.62. The van der Waals surface area contributed by atoms with Crippen molar-refractivity contribution in [2.24, 2.45) is 4.99 Å². The Balaban J connectivity index is 2.16. The van der Waals surface area contributed by atoms with Gasteiger partial charge in [0.15, 0.2) is 5.17 Å². The zero-order valence-corrected chi connectivity index (χ0v) is 9.66. The Morgan fingerprint density at radius 1 is 1.50 bits per heavy atom. The average molecular weight is 275 g/mol. The van der Waals surface area contributed by atoms with Crippen molar-refractivity contribution in [1.82, 2.24) is 0 Å². The minimum absolute atomic E-state index is 0.269. The number of hydrogen-bond donors (Lipinski definition) is 1. The van der Waals surface area contributed by atoms with E-state index in [0.29, 0.717) is 5.69 Å². The maximum Gasteiger partial charge on any atom is 0.161 e. The number of nitrogens with one attached hydrogen (secondary N) is 1. The van der Waals surface area contributed by atoms with E-state index >= 15 is 0 Å². The summed E-state index contributed by atoms with van der Waals surface area (Å²) in [5, 5.41) is 3.75. The molecule has 1 N–H and O–H groups in total. The van der Waals surface area contributed by atoms with Crippen molar-refractivity contribution in [3.8, 4) is 0 Å². The van der Waals surface area contributed by atoms with E-state index in [9.17, 15) is 4.39 Å². The van der Waals surface area contributed by atoms with Gasteiger partial charge >= 0.3 is 0 Å². The van der Waals surface area contributed by atoms with Crippen LogP contribution in [-0.4, -0.2) is 17.5 Å². The number of halogens is 2. The minimum atomic E-state index is -0.269. The zero-order valence-electron chi connectivity index (χ0n) is 7.26. The third-order valence-electron chi connectivity index (χ3n) is 1.76. The van der Waals surface area contributed by atoms with Gasteiger partial charge in [0, 0.05) is 10.2 Å². The summed E-state index contributed by atoms with van der Waals surface area (Å²) in [7, 11) is 0. The van der Waals surface area contributed by atoms with Gasteiger partial charge in [-0.1, -0.05) is 27.7 Å². The summed E-state index contributed by atoms with van der Waals surface area (Å²) in [4.78, 5) is 4.18. The van der Waals surface area contributed by atoms with E-state index in [1.165, 1.54) is 6.07 Å². The molecule has 0 aromatic heterocycles. The van der Waals surface area contributed by atoms with Crippen LogP contribution in [0.4, 0.5) is 10.1 Å². The molecule has 14 heavy (non-hydrogen) atoms. The fourth-order valence-corrected chi connectivity index (χ4v) is 2.19. The summed E-state index contributed by atoms with van der Waals surface area (Å²) in [5.41, 5.74) is 0.473. The van der Waals surface area contributed by atoms with E-state index in [1.54, 1.807) is 23.9 Å². The maximum atomic E-state index is 13.3. The molecule has 2 rings (SSSR count). The SMILES string of the molecule is Fc1cc(Br)ccc1NC1=NCCS1. The van der Waals surface area contributed by atoms with Gasteiger partial charge in [0.1, 0.15) is 5.82 Å². The van der Waals surface area contributed by atoms with Crippen LogP contribution < -0.4 is 5.32 Å². The van der Waals surface area contributed by atoms with Crippen molar-refractivity contribution in [2.75, 3.05) is 17.6 Å². The topological polar surface area (TPSA) is 24.4 Å². The second kappa shape index (κ2) is 4.31. The number of amidine groups is 1. The van der Waals surface area contributed by atoms with Crippen molar-refractivity contribution in [3.63, 3.8) is 0 Å². The van der Waals surface area contributed by atoms with Crippen LogP contribution in [0, 0.1) is 5.82 Å². The lowest BCUT2D eigenvalue weighted by Gasteiger charge is -2.06. The summed E-state index contributed by atoms with van der Waals surface area (Å²) >= 11 is 4.82. The van der Waals surface area contributed by atoms with Crippen LogP contribution in [-0.2, 0) is 0 Å². The van der Waals surface area contributed by atoms with Crippen LogP contribution in [0.5, 0.6) is 0 Å². The van der Waals surface area contributed by atoms with Crippen molar-refractivity contribution in [3.05, 3.63) is 28.5 Å². The Kier molecular flexibility index (Phi) is 3.08. The molecule has 0 fully saturated rings. The van der Waals surface area contributed by atoms with Crippen molar-refractivity contribution >= 4 is 38.5 Å². The number of rotatable bonds is 1.